The number of nitro groups is 1. The minimum Gasteiger partial charge on any atom is -0.258 e. The van der Waals surface area contributed by atoms with Gasteiger partial charge in [-0.3, -0.25) is 10.1 Å². The lowest BCUT2D eigenvalue weighted by Gasteiger charge is -2.07. The Bertz CT molecular complexity index is 794. The van der Waals surface area contributed by atoms with Crippen LogP contribution in [-0.2, 0) is 0 Å². The van der Waals surface area contributed by atoms with E-state index < -0.39 is 0 Å². The van der Waals surface area contributed by atoms with E-state index in [-0.39, 0.29) is 10.6 Å². The van der Waals surface area contributed by atoms with Crippen LogP contribution in [0, 0.1) is 17.0 Å². The van der Waals surface area contributed by atoms with Gasteiger partial charge in [0.15, 0.2) is 0 Å². The van der Waals surface area contributed by atoms with Crippen LogP contribution in [0.5, 0.6) is 0 Å². The molecule has 1 aromatic heterocycles. The molecule has 0 saturated heterocycles. The fourth-order valence-electron chi connectivity index (χ4n) is 2.25. The molecule has 3 aromatic rings. The summed E-state index contributed by atoms with van der Waals surface area (Å²) in [4.78, 5) is 10.5. The summed E-state index contributed by atoms with van der Waals surface area (Å²) in [7, 11) is 0. The smallest absolute Gasteiger partial charge is 0.258 e. The predicted molar refractivity (Wildman–Crippen MR) is 80.4 cm³/mol. The minimum absolute atomic E-state index is 0.0750. The molecule has 0 atom stereocenters. The Kier molecular flexibility index (Phi) is 3.23. The molecular formula is C16H13N3O2. The molecule has 1 heterocycles. The van der Waals surface area contributed by atoms with Crippen LogP contribution in [0.1, 0.15) is 5.69 Å². The van der Waals surface area contributed by atoms with Crippen LogP contribution in [0.3, 0.4) is 0 Å². The Hall–Kier alpha value is -2.95. The number of nitrogens with zero attached hydrogens (tertiary/aromatic N) is 3. The van der Waals surface area contributed by atoms with Gasteiger partial charge in [-0.05, 0) is 25.1 Å². The lowest BCUT2D eigenvalue weighted by atomic mass is 10.1. The van der Waals surface area contributed by atoms with Crippen LogP contribution >= 0.6 is 0 Å². The van der Waals surface area contributed by atoms with Crippen molar-refractivity contribution in [1.29, 1.82) is 0 Å². The van der Waals surface area contributed by atoms with Crippen molar-refractivity contribution < 1.29 is 4.92 Å². The van der Waals surface area contributed by atoms with Gasteiger partial charge in [0, 0.05) is 17.7 Å². The second kappa shape index (κ2) is 5.20. The van der Waals surface area contributed by atoms with Crippen LogP contribution in [0.4, 0.5) is 5.69 Å². The predicted octanol–water partition coefficient (Wildman–Crippen LogP) is 3.76. The Morgan fingerprint density at radius 1 is 1.05 bits per heavy atom. The first-order chi connectivity index (χ1) is 10.1. The number of aryl methyl sites for hydroxylation is 1. The van der Waals surface area contributed by atoms with Gasteiger partial charge < -0.3 is 0 Å². The molecule has 5 nitrogen and oxygen atoms in total. The molecule has 0 N–H and O–H groups in total. The molecule has 0 fully saturated rings. The molecule has 5 heteroatoms. The third-order valence-corrected chi connectivity index (χ3v) is 3.19. The summed E-state index contributed by atoms with van der Waals surface area (Å²) in [6.07, 6.45) is 0. The van der Waals surface area contributed by atoms with Crippen LogP contribution in [0.2, 0.25) is 0 Å². The van der Waals surface area contributed by atoms with Crippen molar-refractivity contribution in [2.45, 2.75) is 6.92 Å². The van der Waals surface area contributed by atoms with E-state index in [1.54, 1.807) is 16.8 Å². The highest BCUT2D eigenvalue weighted by Gasteiger charge is 2.13. The number of non-ortho nitro benzene ring substituents is 1. The number of rotatable bonds is 3. The van der Waals surface area contributed by atoms with Crippen LogP contribution in [0.15, 0.2) is 60.7 Å². The van der Waals surface area contributed by atoms with Gasteiger partial charge in [-0.2, -0.15) is 5.10 Å². The summed E-state index contributed by atoms with van der Waals surface area (Å²) in [6, 6.07) is 18.2. The zero-order valence-electron chi connectivity index (χ0n) is 11.4. The zero-order valence-corrected chi connectivity index (χ0v) is 11.4. The molecular weight excluding hydrogens is 266 g/mol. The van der Waals surface area contributed by atoms with Gasteiger partial charge in [-0.25, -0.2) is 4.68 Å². The van der Waals surface area contributed by atoms with Crippen LogP contribution in [-0.4, -0.2) is 14.7 Å². The lowest BCUT2D eigenvalue weighted by Crippen LogP contribution is -1.99. The SMILES string of the molecule is Cc1cc(-c2cccc([N+](=O)[O-])c2)n(-c2ccccc2)n1. The van der Waals surface area contributed by atoms with E-state index in [4.69, 9.17) is 0 Å². The first-order valence-electron chi connectivity index (χ1n) is 6.52. The number of aromatic nitrogens is 2. The monoisotopic (exact) mass is 279 g/mol. The average molecular weight is 279 g/mol. The summed E-state index contributed by atoms with van der Waals surface area (Å²) >= 11 is 0. The van der Waals surface area contributed by atoms with Gasteiger partial charge in [-0.15, -0.1) is 0 Å². The van der Waals surface area contributed by atoms with Crippen molar-refractivity contribution in [3.63, 3.8) is 0 Å². The van der Waals surface area contributed by atoms with Crippen molar-refractivity contribution in [1.82, 2.24) is 9.78 Å². The van der Waals surface area contributed by atoms with Gasteiger partial charge in [0.2, 0.25) is 0 Å². The standard InChI is InChI=1S/C16H13N3O2/c1-12-10-16(13-6-5-9-15(11-13)19(20)21)18(17-12)14-7-3-2-4-8-14/h2-11H,1H3. The molecule has 0 aliphatic carbocycles. The second-order valence-corrected chi connectivity index (χ2v) is 4.73. The molecule has 2 aromatic carbocycles. The summed E-state index contributed by atoms with van der Waals surface area (Å²) < 4.78 is 1.80. The number of para-hydroxylation sites is 1. The highest BCUT2D eigenvalue weighted by atomic mass is 16.6. The van der Waals surface area contributed by atoms with E-state index in [2.05, 4.69) is 5.10 Å². The molecule has 104 valence electrons. The highest BCUT2D eigenvalue weighted by Crippen LogP contribution is 2.26. The number of hydrogen-bond acceptors (Lipinski definition) is 3. The van der Waals surface area contributed by atoms with Gasteiger partial charge in [0.05, 0.1) is 22.0 Å². The number of benzene rings is 2. The molecule has 0 bridgehead atoms. The maximum Gasteiger partial charge on any atom is 0.270 e. The van der Waals surface area contributed by atoms with Crippen LogP contribution < -0.4 is 0 Å². The first-order valence-corrected chi connectivity index (χ1v) is 6.52. The highest BCUT2D eigenvalue weighted by molar-refractivity contribution is 5.65. The molecule has 0 radical (unpaired) electrons. The Labute approximate surface area is 121 Å². The number of nitro benzene ring substituents is 1. The minimum atomic E-state index is -0.389. The van der Waals surface area contributed by atoms with E-state index in [0.29, 0.717) is 0 Å². The van der Waals surface area contributed by atoms with Gasteiger partial charge in [0.1, 0.15) is 0 Å². The fraction of sp³-hybridized carbons (Fsp3) is 0.0625. The average Bonchev–Trinajstić information content (AvgIpc) is 2.90. The summed E-state index contributed by atoms with van der Waals surface area (Å²) in [5, 5.41) is 15.4. The van der Waals surface area contributed by atoms with Gasteiger partial charge in [-0.1, -0.05) is 30.3 Å². The third-order valence-electron chi connectivity index (χ3n) is 3.19. The molecule has 0 spiro atoms. The topological polar surface area (TPSA) is 61.0 Å². The molecule has 0 amide bonds. The summed E-state index contributed by atoms with van der Waals surface area (Å²) in [5.41, 5.74) is 3.47. The van der Waals surface area contributed by atoms with E-state index in [1.807, 2.05) is 49.4 Å². The van der Waals surface area contributed by atoms with E-state index in [9.17, 15) is 10.1 Å². The molecule has 21 heavy (non-hydrogen) atoms. The Morgan fingerprint density at radius 2 is 1.81 bits per heavy atom. The molecule has 0 aliphatic heterocycles. The quantitative estimate of drug-likeness (QED) is 0.541. The lowest BCUT2D eigenvalue weighted by molar-refractivity contribution is -0.384. The maximum absolute atomic E-state index is 10.9. The Morgan fingerprint density at radius 3 is 2.52 bits per heavy atom. The van der Waals surface area contributed by atoms with Crippen molar-refractivity contribution >= 4 is 5.69 Å². The maximum atomic E-state index is 10.9. The number of hydrogen-bond donors (Lipinski definition) is 0. The summed E-state index contributed by atoms with van der Waals surface area (Å²) in [6.45, 7) is 1.90. The fourth-order valence-corrected chi connectivity index (χ4v) is 2.25. The molecule has 3 rings (SSSR count). The van der Waals surface area contributed by atoms with E-state index in [0.717, 1.165) is 22.6 Å². The molecule has 0 unspecified atom stereocenters. The van der Waals surface area contributed by atoms with Crippen molar-refractivity contribution in [3.05, 3.63) is 76.5 Å². The first kappa shape index (κ1) is 13.1. The van der Waals surface area contributed by atoms with Crippen molar-refractivity contribution in [2.75, 3.05) is 0 Å². The molecule has 0 saturated carbocycles. The van der Waals surface area contributed by atoms with Crippen LogP contribution in [0.25, 0.3) is 16.9 Å². The Balaban J connectivity index is 2.15. The largest absolute Gasteiger partial charge is 0.270 e. The van der Waals surface area contributed by atoms with Gasteiger partial charge in [0.25, 0.3) is 5.69 Å². The van der Waals surface area contributed by atoms with E-state index >= 15 is 0 Å². The van der Waals surface area contributed by atoms with Crippen molar-refractivity contribution in [3.8, 4) is 16.9 Å². The van der Waals surface area contributed by atoms with Gasteiger partial charge >= 0.3 is 0 Å². The zero-order chi connectivity index (χ0) is 14.8. The van der Waals surface area contributed by atoms with Crippen molar-refractivity contribution in [2.24, 2.45) is 0 Å². The normalized spacial score (nSPS) is 10.5. The third kappa shape index (κ3) is 2.53. The summed E-state index contributed by atoms with van der Waals surface area (Å²) in [5.74, 6) is 0. The molecule has 0 aliphatic rings. The van der Waals surface area contributed by atoms with E-state index in [1.165, 1.54) is 6.07 Å². The second-order valence-electron chi connectivity index (χ2n) is 4.73.